The molecule has 100 valence electrons. The highest BCUT2D eigenvalue weighted by molar-refractivity contribution is 6.33. The summed E-state index contributed by atoms with van der Waals surface area (Å²) in [4.78, 5) is 12.1. The molecule has 0 N–H and O–H groups in total. The molecule has 0 fully saturated rings. The molecule has 4 nitrogen and oxygen atoms in total. The van der Waals surface area contributed by atoms with Crippen molar-refractivity contribution >= 4 is 17.6 Å². The van der Waals surface area contributed by atoms with Crippen LogP contribution in [0.2, 0.25) is 5.02 Å². The summed E-state index contributed by atoms with van der Waals surface area (Å²) in [5.41, 5.74) is 1.38. The Balaban J connectivity index is 2.49. The Morgan fingerprint density at radius 2 is 2.05 bits per heavy atom. The van der Waals surface area contributed by atoms with Gasteiger partial charge in [-0.15, -0.1) is 0 Å². The molecule has 0 saturated heterocycles. The number of benzene rings is 1. The van der Waals surface area contributed by atoms with Gasteiger partial charge in [0, 0.05) is 5.56 Å². The molecule has 0 amide bonds. The van der Waals surface area contributed by atoms with Gasteiger partial charge in [-0.2, -0.15) is 0 Å². The van der Waals surface area contributed by atoms with Crippen LogP contribution in [0.1, 0.15) is 30.0 Å². The molecule has 0 spiro atoms. The zero-order chi connectivity index (χ0) is 14.0. The van der Waals surface area contributed by atoms with E-state index in [1.165, 1.54) is 0 Å². The number of nitrogens with zero attached hydrogens (tertiary/aromatic N) is 1. The summed E-state index contributed by atoms with van der Waals surface area (Å²) in [6, 6.07) is 7.15. The van der Waals surface area contributed by atoms with Crippen molar-refractivity contribution in [3.63, 3.8) is 0 Å². The van der Waals surface area contributed by atoms with Crippen LogP contribution < -0.4 is 0 Å². The first-order chi connectivity index (χ1) is 9.00. The Labute approximate surface area is 116 Å². The molecule has 0 radical (unpaired) electrons. The van der Waals surface area contributed by atoms with Crippen molar-refractivity contribution < 1.29 is 14.1 Å². The lowest BCUT2D eigenvalue weighted by Gasteiger charge is -2.08. The van der Waals surface area contributed by atoms with Crippen LogP contribution in [0.5, 0.6) is 0 Å². The van der Waals surface area contributed by atoms with Crippen LogP contribution in [0.25, 0.3) is 11.3 Å². The van der Waals surface area contributed by atoms with Gasteiger partial charge in [0.25, 0.3) is 0 Å². The van der Waals surface area contributed by atoms with Crippen molar-refractivity contribution in [2.75, 3.05) is 0 Å². The van der Waals surface area contributed by atoms with Gasteiger partial charge < -0.3 is 9.26 Å². The molecule has 0 aliphatic heterocycles. The summed E-state index contributed by atoms with van der Waals surface area (Å²) < 4.78 is 10.3. The Morgan fingerprint density at radius 1 is 1.37 bits per heavy atom. The number of carbonyl (C=O) groups is 1. The van der Waals surface area contributed by atoms with Crippen LogP contribution in [0, 0.1) is 6.92 Å². The highest BCUT2D eigenvalue weighted by atomic mass is 35.5. The van der Waals surface area contributed by atoms with Crippen LogP contribution >= 0.6 is 11.6 Å². The molecule has 1 heterocycles. The standard InChI is InChI=1S/C14H14ClNO3/c1-8(2)18-14(17)12-9(3)19-16-13(12)10-6-4-5-7-11(10)15/h4-8H,1-3H3. The molecule has 1 aromatic carbocycles. The average molecular weight is 280 g/mol. The monoisotopic (exact) mass is 279 g/mol. The van der Waals surface area contributed by atoms with E-state index in [-0.39, 0.29) is 6.10 Å². The molecule has 0 bridgehead atoms. The van der Waals surface area contributed by atoms with Crippen LogP contribution in [0.3, 0.4) is 0 Å². The summed E-state index contributed by atoms with van der Waals surface area (Å²) in [5, 5.41) is 4.42. The maximum Gasteiger partial charge on any atom is 0.344 e. The minimum absolute atomic E-state index is 0.208. The van der Waals surface area contributed by atoms with Crippen molar-refractivity contribution in [2.45, 2.75) is 26.9 Å². The van der Waals surface area contributed by atoms with Gasteiger partial charge in [0.1, 0.15) is 17.0 Å². The van der Waals surface area contributed by atoms with E-state index in [1.54, 1.807) is 32.9 Å². The van der Waals surface area contributed by atoms with Crippen molar-refractivity contribution in [2.24, 2.45) is 0 Å². The van der Waals surface area contributed by atoms with Crippen molar-refractivity contribution in [1.82, 2.24) is 5.16 Å². The van der Waals surface area contributed by atoms with E-state index in [0.717, 1.165) is 0 Å². The van der Waals surface area contributed by atoms with Crippen molar-refractivity contribution in [1.29, 1.82) is 0 Å². The first-order valence-corrected chi connectivity index (χ1v) is 6.30. The van der Waals surface area contributed by atoms with E-state index in [0.29, 0.717) is 27.6 Å². The fourth-order valence-corrected chi connectivity index (χ4v) is 1.95. The number of hydrogen-bond acceptors (Lipinski definition) is 4. The lowest BCUT2D eigenvalue weighted by Crippen LogP contribution is -2.12. The summed E-state index contributed by atoms with van der Waals surface area (Å²) in [7, 11) is 0. The molecule has 5 heteroatoms. The second-order valence-electron chi connectivity index (χ2n) is 4.40. The molecule has 0 atom stereocenters. The average Bonchev–Trinajstić information content (AvgIpc) is 2.70. The van der Waals surface area contributed by atoms with Gasteiger partial charge in [-0.3, -0.25) is 0 Å². The minimum Gasteiger partial charge on any atom is -0.459 e. The number of rotatable bonds is 3. The van der Waals surface area contributed by atoms with Crippen molar-refractivity contribution in [3.05, 3.63) is 40.6 Å². The number of esters is 1. The van der Waals surface area contributed by atoms with Crippen LogP contribution in [0.4, 0.5) is 0 Å². The fraction of sp³-hybridized carbons (Fsp3) is 0.286. The SMILES string of the molecule is Cc1onc(-c2ccccc2Cl)c1C(=O)OC(C)C. The van der Waals surface area contributed by atoms with Crippen LogP contribution in [-0.2, 0) is 4.74 Å². The second kappa shape index (κ2) is 5.45. The molecule has 19 heavy (non-hydrogen) atoms. The van der Waals surface area contributed by atoms with E-state index in [9.17, 15) is 4.79 Å². The third-order valence-electron chi connectivity index (χ3n) is 2.54. The number of halogens is 1. The van der Waals surface area contributed by atoms with Gasteiger partial charge >= 0.3 is 5.97 Å². The Kier molecular flexibility index (Phi) is 3.90. The van der Waals surface area contributed by atoms with Crippen LogP contribution in [-0.4, -0.2) is 17.2 Å². The first-order valence-electron chi connectivity index (χ1n) is 5.93. The topological polar surface area (TPSA) is 52.3 Å². The molecule has 0 saturated carbocycles. The minimum atomic E-state index is -0.455. The zero-order valence-electron chi connectivity index (χ0n) is 10.9. The number of carbonyl (C=O) groups excluding carboxylic acids is 1. The van der Waals surface area contributed by atoms with Gasteiger partial charge in [0.2, 0.25) is 0 Å². The zero-order valence-corrected chi connectivity index (χ0v) is 11.7. The highest BCUT2D eigenvalue weighted by Gasteiger charge is 2.24. The lowest BCUT2D eigenvalue weighted by atomic mass is 10.1. The van der Waals surface area contributed by atoms with E-state index in [2.05, 4.69) is 5.16 Å². The summed E-state index contributed by atoms with van der Waals surface area (Å²) in [6.45, 7) is 5.25. The normalized spacial score (nSPS) is 10.8. The fourth-order valence-electron chi connectivity index (χ4n) is 1.72. The predicted molar refractivity (Wildman–Crippen MR) is 72.2 cm³/mol. The van der Waals surface area contributed by atoms with E-state index < -0.39 is 5.97 Å². The maximum atomic E-state index is 12.1. The van der Waals surface area contributed by atoms with Gasteiger partial charge in [0.15, 0.2) is 0 Å². The number of ether oxygens (including phenoxy) is 1. The molecular weight excluding hydrogens is 266 g/mol. The lowest BCUT2D eigenvalue weighted by molar-refractivity contribution is 0.0377. The summed E-state index contributed by atoms with van der Waals surface area (Å²) >= 11 is 6.12. The van der Waals surface area contributed by atoms with E-state index in [1.807, 2.05) is 12.1 Å². The summed E-state index contributed by atoms with van der Waals surface area (Å²) in [5.74, 6) is -0.0377. The first kappa shape index (κ1) is 13.6. The number of aryl methyl sites for hydroxylation is 1. The Morgan fingerprint density at radius 3 is 2.68 bits per heavy atom. The number of aromatic nitrogens is 1. The van der Waals surface area contributed by atoms with Gasteiger partial charge in [-0.1, -0.05) is 35.0 Å². The summed E-state index contributed by atoms with van der Waals surface area (Å²) in [6.07, 6.45) is -0.208. The van der Waals surface area contributed by atoms with E-state index >= 15 is 0 Å². The second-order valence-corrected chi connectivity index (χ2v) is 4.80. The molecule has 0 unspecified atom stereocenters. The molecule has 0 aliphatic carbocycles. The highest BCUT2D eigenvalue weighted by Crippen LogP contribution is 2.31. The smallest absolute Gasteiger partial charge is 0.344 e. The number of hydrogen-bond donors (Lipinski definition) is 0. The van der Waals surface area contributed by atoms with Gasteiger partial charge in [-0.05, 0) is 26.8 Å². The van der Waals surface area contributed by atoms with Crippen LogP contribution in [0.15, 0.2) is 28.8 Å². The quantitative estimate of drug-likeness (QED) is 0.800. The maximum absolute atomic E-state index is 12.1. The van der Waals surface area contributed by atoms with Gasteiger partial charge in [0.05, 0.1) is 11.1 Å². The Hall–Kier alpha value is -1.81. The molecule has 2 rings (SSSR count). The predicted octanol–water partition coefficient (Wildman–Crippen LogP) is 3.87. The molecular formula is C14H14ClNO3. The largest absolute Gasteiger partial charge is 0.459 e. The molecule has 0 aliphatic rings. The Bertz CT molecular complexity index is 604. The van der Waals surface area contributed by atoms with E-state index in [4.69, 9.17) is 20.9 Å². The third-order valence-corrected chi connectivity index (χ3v) is 2.87. The van der Waals surface area contributed by atoms with Crippen molar-refractivity contribution in [3.8, 4) is 11.3 Å². The molecule has 1 aromatic heterocycles. The van der Waals surface area contributed by atoms with Gasteiger partial charge in [-0.25, -0.2) is 4.79 Å². The third kappa shape index (κ3) is 2.79. The molecule has 2 aromatic rings.